The molecule has 0 atom stereocenters. The van der Waals surface area contributed by atoms with Gasteiger partial charge in [0.1, 0.15) is 0 Å². The van der Waals surface area contributed by atoms with Crippen LogP contribution in [0.1, 0.15) is 24.0 Å². The van der Waals surface area contributed by atoms with E-state index >= 15 is 0 Å². The van der Waals surface area contributed by atoms with Crippen molar-refractivity contribution in [2.75, 3.05) is 32.4 Å². The standard InChI is InChI=1S/C16H22N2OS/c1-20-15-5-4-14-12-17(8-6-13(14)11-15)9-10-18-7-2-3-16(18)19/h4-5,11H,2-3,6-10,12H2,1H3. The van der Waals surface area contributed by atoms with E-state index in [0.717, 1.165) is 52.0 Å². The number of carbonyl (C=O) groups is 1. The van der Waals surface area contributed by atoms with Crippen LogP contribution in [0.25, 0.3) is 0 Å². The Morgan fingerprint density at radius 2 is 2.05 bits per heavy atom. The molecular formula is C16H22N2OS. The van der Waals surface area contributed by atoms with Gasteiger partial charge in [0.05, 0.1) is 0 Å². The average molecular weight is 290 g/mol. The van der Waals surface area contributed by atoms with Gasteiger partial charge in [-0.2, -0.15) is 0 Å². The quantitative estimate of drug-likeness (QED) is 0.796. The second-order valence-electron chi connectivity index (χ2n) is 5.65. The minimum Gasteiger partial charge on any atom is -0.341 e. The van der Waals surface area contributed by atoms with Gasteiger partial charge in [0.25, 0.3) is 0 Å². The first-order valence-electron chi connectivity index (χ1n) is 7.42. The number of nitrogens with zero attached hydrogens (tertiary/aromatic N) is 2. The molecule has 3 nitrogen and oxygen atoms in total. The maximum Gasteiger partial charge on any atom is 0.222 e. The molecule has 0 aromatic heterocycles. The molecule has 0 radical (unpaired) electrons. The first-order chi connectivity index (χ1) is 9.76. The maximum absolute atomic E-state index is 11.6. The van der Waals surface area contributed by atoms with E-state index in [4.69, 9.17) is 0 Å². The van der Waals surface area contributed by atoms with E-state index in [0.29, 0.717) is 5.91 Å². The fourth-order valence-corrected chi connectivity index (χ4v) is 3.57. The minimum absolute atomic E-state index is 0.340. The third kappa shape index (κ3) is 3.01. The van der Waals surface area contributed by atoms with E-state index in [9.17, 15) is 4.79 Å². The van der Waals surface area contributed by atoms with Crippen molar-refractivity contribution in [1.29, 1.82) is 0 Å². The molecule has 1 aromatic rings. The number of amides is 1. The molecule has 2 heterocycles. The Labute approximate surface area is 125 Å². The summed E-state index contributed by atoms with van der Waals surface area (Å²) < 4.78 is 0. The molecule has 0 aliphatic carbocycles. The second kappa shape index (κ2) is 6.19. The van der Waals surface area contributed by atoms with Crippen LogP contribution in [0, 0.1) is 0 Å². The number of carbonyl (C=O) groups excluding carboxylic acids is 1. The number of likely N-dealkylation sites (tertiary alicyclic amines) is 1. The molecule has 108 valence electrons. The average Bonchev–Trinajstić information content (AvgIpc) is 2.89. The van der Waals surface area contributed by atoms with Crippen LogP contribution in [-0.2, 0) is 17.8 Å². The topological polar surface area (TPSA) is 23.6 Å². The summed E-state index contributed by atoms with van der Waals surface area (Å²) in [6.45, 7) is 5.02. The largest absolute Gasteiger partial charge is 0.341 e. The molecule has 1 aromatic carbocycles. The van der Waals surface area contributed by atoms with Crippen LogP contribution in [0.3, 0.4) is 0 Å². The zero-order valence-corrected chi connectivity index (χ0v) is 12.9. The molecule has 1 saturated heterocycles. The van der Waals surface area contributed by atoms with Crippen molar-refractivity contribution in [3.05, 3.63) is 29.3 Å². The van der Waals surface area contributed by atoms with E-state index in [1.807, 2.05) is 16.7 Å². The second-order valence-corrected chi connectivity index (χ2v) is 6.52. The SMILES string of the molecule is CSc1ccc2c(c1)CCN(CCN1CCCC1=O)C2. The molecule has 20 heavy (non-hydrogen) atoms. The number of thioether (sulfide) groups is 1. The Morgan fingerprint density at radius 1 is 1.15 bits per heavy atom. The summed E-state index contributed by atoms with van der Waals surface area (Å²) in [5.41, 5.74) is 2.96. The summed E-state index contributed by atoms with van der Waals surface area (Å²) in [5, 5.41) is 0. The lowest BCUT2D eigenvalue weighted by Crippen LogP contribution is -2.38. The summed E-state index contributed by atoms with van der Waals surface area (Å²) in [7, 11) is 0. The van der Waals surface area contributed by atoms with Crippen molar-refractivity contribution in [3.63, 3.8) is 0 Å². The van der Waals surface area contributed by atoms with Crippen LogP contribution < -0.4 is 0 Å². The Kier molecular flexibility index (Phi) is 4.32. The summed E-state index contributed by atoms with van der Waals surface area (Å²) in [6.07, 6.45) is 5.06. The van der Waals surface area contributed by atoms with Gasteiger partial charge in [-0.1, -0.05) is 6.07 Å². The van der Waals surface area contributed by atoms with Gasteiger partial charge in [0.15, 0.2) is 0 Å². The fourth-order valence-electron chi connectivity index (χ4n) is 3.11. The molecule has 2 aliphatic heterocycles. The van der Waals surface area contributed by atoms with Crippen LogP contribution in [-0.4, -0.2) is 48.1 Å². The Morgan fingerprint density at radius 3 is 2.80 bits per heavy atom. The molecule has 1 amide bonds. The van der Waals surface area contributed by atoms with Crippen molar-refractivity contribution in [3.8, 4) is 0 Å². The van der Waals surface area contributed by atoms with E-state index < -0.39 is 0 Å². The van der Waals surface area contributed by atoms with E-state index in [-0.39, 0.29) is 0 Å². The lowest BCUT2D eigenvalue weighted by Gasteiger charge is -2.30. The number of rotatable bonds is 4. The highest BCUT2D eigenvalue weighted by Crippen LogP contribution is 2.24. The minimum atomic E-state index is 0.340. The van der Waals surface area contributed by atoms with Crippen molar-refractivity contribution in [1.82, 2.24) is 9.80 Å². The molecule has 0 bridgehead atoms. The molecule has 1 fully saturated rings. The monoisotopic (exact) mass is 290 g/mol. The van der Waals surface area contributed by atoms with E-state index in [1.54, 1.807) is 0 Å². The normalized spacial score (nSPS) is 19.4. The number of benzene rings is 1. The maximum atomic E-state index is 11.6. The molecule has 0 unspecified atom stereocenters. The predicted octanol–water partition coefficient (Wildman–Crippen LogP) is 2.39. The lowest BCUT2D eigenvalue weighted by molar-refractivity contribution is -0.127. The zero-order valence-electron chi connectivity index (χ0n) is 12.1. The zero-order chi connectivity index (χ0) is 13.9. The summed E-state index contributed by atoms with van der Waals surface area (Å²) in [4.78, 5) is 17.5. The number of hydrogen-bond acceptors (Lipinski definition) is 3. The molecule has 0 saturated carbocycles. The van der Waals surface area contributed by atoms with Crippen LogP contribution in [0.15, 0.2) is 23.1 Å². The highest BCUT2D eigenvalue weighted by atomic mass is 32.2. The van der Waals surface area contributed by atoms with Gasteiger partial charge in [0, 0.05) is 44.0 Å². The summed E-state index contributed by atoms with van der Waals surface area (Å²) in [5.74, 6) is 0.340. The van der Waals surface area contributed by atoms with Gasteiger partial charge in [-0.15, -0.1) is 11.8 Å². The fraction of sp³-hybridized carbons (Fsp3) is 0.562. The molecule has 0 N–H and O–H groups in total. The smallest absolute Gasteiger partial charge is 0.222 e. The summed E-state index contributed by atoms with van der Waals surface area (Å²) >= 11 is 1.81. The van der Waals surface area contributed by atoms with Gasteiger partial charge in [0.2, 0.25) is 5.91 Å². The molecule has 3 rings (SSSR count). The van der Waals surface area contributed by atoms with Crippen molar-refractivity contribution >= 4 is 17.7 Å². The summed E-state index contributed by atoms with van der Waals surface area (Å²) in [6, 6.07) is 6.83. The molecular weight excluding hydrogens is 268 g/mol. The molecule has 0 spiro atoms. The lowest BCUT2D eigenvalue weighted by atomic mass is 10.00. The number of hydrogen-bond donors (Lipinski definition) is 0. The van der Waals surface area contributed by atoms with Gasteiger partial charge in [-0.3, -0.25) is 9.69 Å². The van der Waals surface area contributed by atoms with Crippen LogP contribution >= 0.6 is 11.8 Å². The van der Waals surface area contributed by atoms with Crippen LogP contribution in [0.2, 0.25) is 0 Å². The number of fused-ring (bicyclic) bond motifs is 1. The van der Waals surface area contributed by atoms with Crippen molar-refractivity contribution in [2.24, 2.45) is 0 Å². The van der Waals surface area contributed by atoms with Gasteiger partial charge in [-0.25, -0.2) is 0 Å². The molecule has 2 aliphatic rings. The van der Waals surface area contributed by atoms with E-state index in [1.165, 1.54) is 16.0 Å². The van der Waals surface area contributed by atoms with Crippen molar-refractivity contribution < 1.29 is 4.79 Å². The van der Waals surface area contributed by atoms with Gasteiger partial charge in [-0.05, 0) is 42.4 Å². The van der Waals surface area contributed by atoms with Crippen LogP contribution in [0.5, 0.6) is 0 Å². The van der Waals surface area contributed by atoms with E-state index in [2.05, 4.69) is 29.4 Å². The Hall–Kier alpha value is -1.00. The van der Waals surface area contributed by atoms with Gasteiger partial charge >= 0.3 is 0 Å². The first kappa shape index (κ1) is 14.0. The third-order valence-electron chi connectivity index (χ3n) is 4.36. The highest BCUT2D eigenvalue weighted by molar-refractivity contribution is 7.98. The third-order valence-corrected chi connectivity index (χ3v) is 5.09. The Bertz CT molecular complexity index is 503. The molecule has 4 heteroatoms. The van der Waals surface area contributed by atoms with Crippen molar-refractivity contribution in [2.45, 2.75) is 30.7 Å². The first-order valence-corrected chi connectivity index (χ1v) is 8.64. The van der Waals surface area contributed by atoms with Gasteiger partial charge < -0.3 is 4.90 Å². The predicted molar refractivity (Wildman–Crippen MR) is 83.0 cm³/mol. The highest BCUT2D eigenvalue weighted by Gasteiger charge is 2.22. The van der Waals surface area contributed by atoms with Crippen LogP contribution in [0.4, 0.5) is 0 Å². The Balaban J connectivity index is 1.57.